The van der Waals surface area contributed by atoms with Crippen molar-refractivity contribution in [3.05, 3.63) is 60.6 Å². The lowest BCUT2D eigenvalue weighted by Gasteiger charge is -2.13. The summed E-state index contributed by atoms with van der Waals surface area (Å²) in [6.45, 7) is 7.59. The van der Waals surface area contributed by atoms with Crippen molar-refractivity contribution in [2.75, 3.05) is 20.3 Å². The molecular weight excluding hydrogens is 376 g/mol. The average Bonchev–Trinajstić information content (AvgIpc) is 3.31. The number of imidazole rings is 1. The van der Waals surface area contributed by atoms with E-state index in [0.29, 0.717) is 13.2 Å². The molecule has 2 aromatic heterocycles. The second kappa shape index (κ2) is 7.95. The Balaban J connectivity index is 1.60. The summed E-state index contributed by atoms with van der Waals surface area (Å²) in [6.07, 6.45) is 1.82. The Morgan fingerprint density at radius 2 is 1.90 bits per heavy atom. The van der Waals surface area contributed by atoms with Crippen molar-refractivity contribution < 1.29 is 9.47 Å². The Morgan fingerprint density at radius 1 is 1.07 bits per heavy atom. The fraction of sp³-hybridized carbons (Fsp3) is 0.333. The van der Waals surface area contributed by atoms with Crippen LogP contribution in [0.5, 0.6) is 5.75 Å². The Hall–Kier alpha value is -3.12. The Bertz CT molecular complexity index is 1150. The molecule has 0 saturated heterocycles. The standard InChI is InChI=1S/C24H27N4O2/c1-24(2,3)23-15-22(27(4)26-23)17-6-8-18(9-7-17)28-16-25-20-14-19(10-11-21(20)28)30-13-12-29-5/h6-8,10-11,14-16H,12-13H2,1-5H3. The molecule has 4 rings (SSSR count). The molecular formula is C24H27N4O2. The zero-order chi connectivity index (χ0) is 21.3. The highest BCUT2D eigenvalue weighted by atomic mass is 16.5. The molecule has 30 heavy (non-hydrogen) atoms. The molecule has 1 radical (unpaired) electrons. The molecule has 0 amide bonds. The van der Waals surface area contributed by atoms with Gasteiger partial charge < -0.3 is 9.47 Å². The van der Waals surface area contributed by atoms with E-state index >= 15 is 0 Å². The van der Waals surface area contributed by atoms with Gasteiger partial charge in [-0.1, -0.05) is 26.8 Å². The van der Waals surface area contributed by atoms with E-state index < -0.39 is 0 Å². The normalized spacial score (nSPS) is 11.9. The number of rotatable bonds is 6. The minimum absolute atomic E-state index is 0.0154. The van der Waals surface area contributed by atoms with Gasteiger partial charge in [-0.15, -0.1) is 0 Å². The summed E-state index contributed by atoms with van der Waals surface area (Å²) >= 11 is 0. The van der Waals surface area contributed by atoms with Crippen molar-refractivity contribution in [2.45, 2.75) is 26.2 Å². The third kappa shape index (κ3) is 3.96. The monoisotopic (exact) mass is 403 g/mol. The Kier molecular flexibility index (Phi) is 5.35. The number of aryl methyl sites for hydroxylation is 1. The molecule has 0 fully saturated rings. The van der Waals surface area contributed by atoms with Crippen LogP contribution in [0.1, 0.15) is 26.5 Å². The second-order valence-electron chi connectivity index (χ2n) is 8.36. The minimum atomic E-state index is 0.0154. The molecule has 0 aliphatic carbocycles. The SMILES string of the molecule is COCCOc1ccc2c(c1)ncn2-c1[c]cc(-c2cc(C(C)(C)C)nn2C)cc1. The average molecular weight is 404 g/mol. The summed E-state index contributed by atoms with van der Waals surface area (Å²) in [4.78, 5) is 4.53. The van der Waals surface area contributed by atoms with E-state index in [-0.39, 0.29) is 5.41 Å². The van der Waals surface area contributed by atoms with Gasteiger partial charge in [0, 0.05) is 37.3 Å². The minimum Gasteiger partial charge on any atom is -0.491 e. The molecule has 6 heteroatoms. The van der Waals surface area contributed by atoms with E-state index in [1.54, 1.807) is 7.11 Å². The molecule has 0 bridgehead atoms. The van der Waals surface area contributed by atoms with Gasteiger partial charge in [-0.25, -0.2) is 4.98 Å². The third-order valence-corrected chi connectivity index (χ3v) is 5.07. The van der Waals surface area contributed by atoms with Gasteiger partial charge >= 0.3 is 0 Å². The van der Waals surface area contributed by atoms with Gasteiger partial charge in [-0.2, -0.15) is 5.10 Å². The van der Waals surface area contributed by atoms with Gasteiger partial charge in [0.1, 0.15) is 18.7 Å². The number of aromatic nitrogens is 4. The van der Waals surface area contributed by atoms with E-state index in [2.05, 4.69) is 55.1 Å². The van der Waals surface area contributed by atoms with Crippen LogP contribution in [0.2, 0.25) is 0 Å². The smallest absolute Gasteiger partial charge is 0.121 e. The van der Waals surface area contributed by atoms with Crippen LogP contribution in [0, 0.1) is 6.07 Å². The highest BCUT2D eigenvalue weighted by Gasteiger charge is 2.19. The second-order valence-corrected chi connectivity index (χ2v) is 8.36. The fourth-order valence-electron chi connectivity index (χ4n) is 3.35. The molecule has 0 saturated carbocycles. The molecule has 0 aliphatic heterocycles. The van der Waals surface area contributed by atoms with Crippen molar-refractivity contribution in [2.24, 2.45) is 7.05 Å². The molecule has 0 spiro atoms. The van der Waals surface area contributed by atoms with Gasteiger partial charge in [0.05, 0.1) is 34.7 Å². The van der Waals surface area contributed by atoms with Crippen LogP contribution in [0.15, 0.2) is 48.8 Å². The van der Waals surface area contributed by atoms with Crippen LogP contribution in [-0.2, 0) is 17.2 Å². The number of hydrogen-bond donors (Lipinski definition) is 0. The van der Waals surface area contributed by atoms with Crippen molar-refractivity contribution in [1.29, 1.82) is 0 Å². The highest BCUT2D eigenvalue weighted by Crippen LogP contribution is 2.28. The van der Waals surface area contributed by atoms with Crippen LogP contribution < -0.4 is 4.74 Å². The highest BCUT2D eigenvalue weighted by molar-refractivity contribution is 5.79. The van der Waals surface area contributed by atoms with Crippen LogP contribution >= 0.6 is 0 Å². The molecule has 155 valence electrons. The van der Waals surface area contributed by atoms with E-state index in [9.17, 15) is 0 Å². The van der Waals surface area contributed by atoms with Crippen LogP contribution in [0.25, 0.3) is 28.0 Å². The summed E-state index contributed by atoms with van der Waals surface area (Å²) in [5.41, 5.74) is 6.08. The number of fused-ring (bicyclic) bond motifs is 1. The van der Waals surface area contributed by atoms with E-state index in [1.165, 1.54) is 0 Å². The first kappa shape index (κ1) is 20.2. The molecule has 2 heterocycles. The summed E-state index contributed by atoms with van der Waals surface area (Å²) in [5.74, 6) is 0.787. The topological polar surface area (TPSA) is 54.1 Å². The fourth-order valence-corrected chi connectivity index (χ4v) is 3.35. The summed E-state index contributed by atoms with van der Waals surface area (Å²) < 4.78 is 14.7. The van der Waals surface area contributed by atoms with E-state index in [4.69, 9.17) is 9.47 Å². The molecule has 0 N–H and O–H groups in total. The number of nitrogens with zero attached hydrogens (tertiary/aromatic N) is 4. The predicted molar refractivity (Wildman–Crippen MR) is 118 cm³/mol. The predicted octanol–water partition coefficient (Wildman–Crippen LogP) is 4.55. The van der Waals surface area contributed by atoms with E-state index in [1.807, 2.05) is 46.9 Å². The van der Waals surface area contributed by atoms with Gasteiger partial charge in [-0.05, 0) is 30.3 Å². The number of ether oxygens (including phenoxy) is 2. The first-order valence-corrected chi connectivity index (χ1v) is 10.0. The Labute approximate surface area is 177 Å². The van der Waals surface area contributed by atoms with Crippen molar-refractivity contribution in [3.63, 3.8) is 0 Å². The maximum absolute atomic E-state index is 5.68. The molecule has 6 nitrogen and oxygen atoms in total. The van der Waals surface area contributed by atoms with Gasteiger partial charge in [-0.3, -0.25) is 9.25 Å². The number of methoxy groups -OCH3 is 1. The number of hydrogen-bond acceptors (Lipinski definition) is 4. The van der Waals surface area contributed by atoms with E-state index in [0.717, 1.165) is 39.4 Å². The maximum atomic E-state index is 5.68. The first-order chi connectivity index (χ1) is 14.4. The lowest BCUT2D eigenvalue weighted by atomic mass is 9.92. The van der Waals surface area contributed by atoms with Crippen LogP contribution in [-0.4, -0.2) is 39.7 Å². The zero-order valence-electron chi connectivity index (χ0n) is 18.1. The summed E-state index contributed by atoms with van der Waals surface area (Å²) in [7, 11) is 3.64. The van der Waals surface area contributed by atoms with Gasteiger partial charge in [0.15, 0.2) is 0 Å². The van der Waals surface area contributed by atoms with Crippen molar-refractivity contribution >= 4 is 11.0 Å². The van der Waals surface area contributed by atoms with Gasteiger partial charge in [0.2, 0.25) is 0 Å². The largest absolute Gasteiger partial charge is 0.491 e. The molecule has 0 unspecified atom stereocenters. The summed E-state index contributed by atoms with van der Waals surface area (Å²) in [6, 6.07) is 17.6. The third-order valence-electron chi connectivity index (χ3n) is 5.07. The van der Waals surface area contributed by atoms with Crippen molar-refractivity contribution in [1.82, 2.24) is 19.3 Å². The quantitative estimate of drug-likeness (QED) is 0.443. The van der Waals surface area contributed by atoms with Crippen LogP contribution in [0.4, 0.5) is 0 Å². The zero-order valence-corrected chi connectivity index (χ0v) is 18.1. The molecule has 4 aromatic rings. The lowest BCUT2D eigenvalue weighted by Crippen LogP contribution is -2.12. The van der Waals surface area contributed by atoms with Crippen LogP contribution in [0.3, 0.4) is 0 Å². The molecule has 2 aromatic carbocycles. The van der Waals surface area contributed by atoms with Gasteiger partial charge in [0.25, 0.3) is 0 Å². The lowest BCUT2D eigenvalue weighted by molar-refractivity contribution is 0.146. The molecule has 0 atom stereocenters. The molecule has 0 aliphatic rings. The number of benzene rings is 2. The maximum Gasteiger partial charge on any atom is 0.121 e. The van der Waals surface area contributed by atoms with Crippen molar-refractivity contribution in [3.8, 4) is 22.7 Å². The first-order valence-electron chi connectivity index (χ1n) is 10.0. The summed E-state index contributed by atoms with van der Waals surface area (Å²) in [5, 5.41) is 4.67. The Morgan fingerprint density at radius 3 is 2.57 bits per heavy atom.